The first kappa shape index (κ1) is 32.3. The Morgan fingerprint density at radius 1 is 0.978 bits per heavy atom. The van der Waals surface area contributed by atoms with Crippen molar-refractivity contribution in [2.45, 2.75) is 19.8 Å². The zero-order valence-corrected chi connectivity index (χ0v) is 26.6. The Bertz CT molecular complexity index is 1670. The molecule has 12 heteroatoms. The van der Waals surface area contributed by atoms with Gasteiger partial charge >= 0.3 is 6.09 Å². The number of aromatic nitrogens is 2. The largest absolute Gasteiger partial charge is 0.497 e. The SMILES string of the molecule is COc1ccc(N(C(=O)Oc2ccnc(Nc3ccc(OCC4CCCN(C)C4)c(F)c3)n2)c2cc(C)ccc2OC)c(OC)c1. The van der Waals surface area contributed by atoms with Crippen LogP contribution in [-0.4, -0.2) is 69.0 Å². The molecular formula is C34H38FN5O6. The van der Waals surface area contributed by atoms with Crippen molar-refractivity contribution in [2.24, 2.45) is 5.92 Å². The fraction of sp³-hybridized carbons (Fsp3) is 0.324. The molecule has 0 aliphatic carbocycles. The molecule has 46 heavy (non-hydrogen) atoms. The Morgan fingerprint density at radius 2 is 1.78 bits per heavy atom. The lowest BCUT2D eigenvalue weighted by atomic mass is 10.00. The third-order valence-electron chi connectivity index (χ3n) is 7.59. The van der Waals surface area contributed by atoms with Crippen LogP contribution < -0.4 is 33.9 Å². The summed E-state index contributed by atoms with van der Waals surface area (Å²) in [5, 5.41) is 2.96. The van der Waals surface area contributed by atoms with Crippen LogP contribution in [0.15, 0.2) is 66.9 Å². The number of piperidine rings is 1. The van der Waals surface area contributed by atoms with E-state index >= 15 is 0 Å². The molecule has 1 atom stereocenters. The summed E-state index contributed by atoms with van der Waals surface area (Å²) >= 11 is 0. The number of nitrogens with zero attached hydrogens (tertiary/aromatic N) is 4. The van der Waals surface area contributed by atoms with E-state index in [2.05, 4.69) is 27.2 Å². The molecule has 1 saturated heterocycles. The van der Waals surface area contributed by atoms with E-state index in [0.717, 1.165) is 31.5 Å². The Hall–Kier alpha value is -5.10. The number of ether oxygens (including phenoxy) is 5. The number of methoxy groups -OCH3 is 3. The van der Waals surface area contributed by atoms with Gasteiger partial charge in [-0.15, -0.1) is 0 Å². The van der Waals surface area contributed by atoms with E-state index < -0.39 is 11.9 Å². The van der Waals surface area contributed by atoms with Crippen LogP contribution in [0.1, 0.15) is 18.4 Å². The Labute approximate surface area is 267 Å². The number of anilines is 4. The summed E-state index contributed by atoms with van der Waals surface area (Å²) in [6, 6.07) is 16.5. The summed E-state index contributed by atoms with van der Waals surface area (Å²) in [5.74, 6) is 1.45. The van der Waals surface area contributed by atoms with Gasteiger partial charge < -0.3 is 33.9 Å². The molecule has 5 rings (SSSR count). The van der Waals surface area contributed by atoms with Gasteiger partial charge in [0.05, 0.1) is 39.3 Å². The van der Waals surface area contributed by atoms with Gasteiger partial charge in [-0.2, -0.15) is 4.98 Å². The first-order valence-corrected chi connectivity index (χ1v) is 14.9. The highest BCUT2D eigenvalue weighted by Gasteiger charge is 2.28. The molecule has 11 nitrogen and oxygen atoms in total. The van der Waals surface area contributed by atoms with Gasteiger partial charge in [0.1, 0.15) is 17.2 Å². The van der Waals surface area contributed by atoms with E-state index in [1.165, 1.54) is 37.4 Å². The number of hydrogen-bond donors (Lipinski definition) is 1. The van der Waals surface area contributed by atoms with Crippen LogP contribution in [0.4, 0.5) is 32.2 Å². The second-order valence-corrected chi connectivity index (χ2v) is 11.0. The fourth-order valence-electron chi connectivity index (χ4n) is 5.31. The molecule has 0 spiro atoms. The van der Waals surface area contributed by atoms with Crippen LogP contribution in [-0.2, 0) is 0 Å². The fourth-order valence-corrected chi connectivity index (χ4v) is 5.31. The molecule has 0 bridgehead atoms. The van der Waals surface area contributed by atoms with Crippen molar-refractivity contribution in [3.05, 3.63) is 78.2 Å². The smallest absolute Gasteiger partial charge is 0.426 e. The Morgan fingerprint density at radius 3 is 2.52 bits per heavy atom. The highest BCUT2D eigenvalue weighted by atomic mass is 19.1. The van der Waals surface area contributed by atoms with Gasteiger partial charge in [-0.1, -0.05) is 6.07 Å². The molecule has 1 aromatic heterocycles. The van der Waals surface area contributed by atoms with Crippen LogP contribution in [0.3, 0.4) is 0 Å². The van der Waals surface area contributed by atoms with Gasteiger partial charge in [0.25, 0.3) is 0 Å². The number of hydrogen-bond acceptors (Lipinski definition) is 10. The Kier molecular flexibility index (Phi) is 10.4. The predicted octanol–water partition coefficient (Wildman–Crippen LogP) is 6.75. The summed E-state index contributed by atoms with van der Waals surface area (Å²) in [6.07, 6.45) is 2.82. The van der Waals surface area contributed by atoms with Gasteiger partial charge in [-0.3, -0.25) is 0 Å². The van der Waals surface area contributed by atoms with Gasteiger partial charge in [-0.25, -0.2) is 19.1 Å². The number of rotatable bonds is 11. The second-order valence-electron chi connectivity index (χ2n) is 11.0. The molecule has 4 aromatic rings. The molecule has 2 heterocycles. The lowest BCUT2D eigenvalue weighted by Gasteiger charge is -2.29. The van der Waals surface area contributed by atoms with Crippen molar-refractivity contribution in [2.75, 3.05) is 58.3 Å². The number of amides is 1. The maximum atomic E-state index is 14.9. The molecule has 3 aromatic carbocycles. The number of nitrogens with one attached hydrogen (secondary N) is 1. The number of halogens is 1. The lowest BCUT2D eigenvalue weighted by Crippen LogP contribution is -2.34. The van der Waals surface area contributed by atoms with Crippen LogP contribution in [0.2, 0.25) is 0 Å². The maximum Gasteiger partial charge on any atom is 0.426 e. The van der Waals surface area contributed by atoms with Crippen molar-refractivity contribution in [1.29, 1.82) is 0 Å². The lowest BCUT2D eigenvalue weighted by molar-refractivity contribution is 0.147. The normalized spacial score (nSPS) is 14.7. The standard InChI is InChI=1S/C34H38FN5O6/c1-22-8-12-30(43-4)28(17-22)40(27-11-10-25(42-3)19-31(27)44-5)34(41)46-32-14-15-36-33(38-32)37-24-9-13-29(26(35)18-24)45-21-23-7-6-16-39(2)20-23/h8-15,17-19,23H,6-7,16,20-21H2,1-5H3,(H,36,37,38). The average molecular weight is 632 g/mol. The third kappa shape index (κ3) is 7.75. The number of likely N-dealkylation sites (tertiary alicyclic amines) is 1. The molecule has 242 valence electrons. The molecule has 1 aliphatic rings. The van der Waals surface area contributed by atoms with Crippen molar-refractivity contribution < 1.29 is 32.9 Å². The van der Waals surface area contributed by atoms with E-state index in [1.54, 1.807) is 49.6 Å². The highest BCUT2D eigenvalue weighted by Crippen LogP contribution is 2.41. The topological polar surface area (TPSA) is 108 Å². The monoisotopic (exact) mass is 631 g/mol. The first-order chi connectivity index (χ1) is 22.3. The zero-order valence-electron chi connectivity index (χ0n) is 26.6. The van der Waals surface area contributed by atoms with Gasteiger partial charge in [-0.05, 0) is 75.3 Å². The van der Waals surface area contributed by atoms with Crippen LogP contribution >= 0.6 is 0 Å². The molecule has 1 aliphatic heterocycles. The zero-order chi connectivity index (χ0) is 32.6. The van der Waals surface area contributed by atoms with E-state index in [4.69, 9.17) is 23.7 Å². The summed E-state index contributed by atoms with van der Waals surface area (Å²) < 4.78 is 43.0. The number of benzene rings is 3. The predicted molar refractivity (Wildman–Crippen MR) is 173 cm³/mol. The van der Waals surface area contributed by atoms with E-state index in [0.29, 0.717) is 46.8 Å². The second kappa shape index (κ2) is 14.8. The minimum absolute atomic E-state index is 0.0375. The van der Waals surface area contributed by atoms with Gasteiger partial charge in [0.15, 0.2) is 11.6 Å². The summed E-state index contributed by atoms with van der Waals surface area (Å²) in [7, 11) is 6.63. The number of carbonyl (C=O) groups excluding carboxylic acids is 1. The van der Waals surface area contributed by atoms with Crippen molar-refractivity contribution >= 4 is 29.1 Å². The van der Waals surface area contributed by atoms with E-state index in [9.17, 15) is 9.18 Å². The van der Waals surface area contributed by atoms with Crippen LogP contribution in [0, 0.1) is 18.7 Å². The van der Waals surface area contributed by atoms with Crippen LogP contribution in [0.5, 0.6) is 28.9 Å². The molecule has 0 saturated carbocycles. The molecule has 1 fully saturated rings. The number of carbonyl (C=O) groups is 1. The molecule has 1 N–H and O–H groups in total. The first-order valence-electron chi connectivity index (χ1n) is 14.9. The van der Waals surface area contributed by atoms with E-state index in [1.807, 2.05) is 13.0 Å². The Balaban J connectivity index is 1.35. The van der Waals surface area contributed by atoms with Crippen molar-refractivity contribution in [3.8, 4) is 28.9 Å². The maximum absolute atomic E-state index is 14.9. The molecule has 1 amide bonds. The minimum atomic E-state index is -0.784. The quantitative estimate of drug-likeness (QED) is 0.191. The highest BCUT2D eigenvalue weighted by molar-refractivity contribution is 6.00. The summed E-state index contributed by atoms with van der Waals surface area (Å²) in [6.45, 7) is 4.36. The average Bonchev–Trinajstić information content (AvgIpc) is 3.05. The summed E-state index contributed by atoms with van der Waals surface area (Å²) in [5.41, 5.74) is 2.11. The minimum Gasteiger partial charge on any atom is -0.497 e. The van der Waals surface area contributed by atoms with Crippen LogP contribution in [0.25, 0.3) is 0 Å². The van der Waals surface area contributed by atoms with Crippen molar-refractivity contribution in [1.82, 2.24) is 14.9 Å². The third-order valence-corrected chi connectivity index (χ3v) is 7.59. The van der Waals surface area contributed by atoms with Gasteiger partial charge in [0, 0.05) is 42.5 Å². The molecular weight excluding hydrogens is 593 g/mol. The van der Waals surface area contributed by atoms with Gasteiger partial charge in [0.2, 0.25) is 11.8 Å². The number of aryl methyl sites for hydroxylation is 1. The van der Waals surface area contributed by atoms with Crippen molar-refractivity contribution in [3.63, 3.8) is 0 Å². The van der Waals surface area contributed by atoms with E-state index in [-0.39, 0.29) is 17.6 Å². The summed E-state index contributed by atoms with van der Waals surface area (Å²) in [4.78, 5) is 26.0. The molecule has 0 radical (unpaired) electrons. The molecule has 1 unspecified atom stereocenters.